The SMILES string of the molecule is CCOC(O)(CNC(C)(C)C)OC(C)OC. The smallest absolute Gasteiger partial charge is 0.295 e. The summed E-state index contributed by atoms with van der Waals surface area (Å²) in [6, 6.07) is 0. The molecule has 0 rings (SSSR count). The van der Waals surface area contributed by atoms with Crippen molar-refractivity contribution in [2.75, 3.05) is 20.3 Å². The first-order valence-electron chi connectivity index (χ1n) is 5.54. The number of β-amino-alcohol motifs (C(OH)–C–C–N with tert-alkyl or cyclic N) is 1. The molecule has 0 aromatic heterocycles. The Hall–Kier alpha value is -0.200. The van der Waals surface area contributed by atoms with E-state index >= 15 is 0 Å². The number of rotatable bonds is 7. The van der Waals surface area contributed by atoms with Crippen molar-refractivity contribution in [3.63, 3.8) is 0 Å². The Labute approximate surface area is 98.1 Å². The van der Waals surface area contributed by atoms with Crippen molar-refractivity contribution in [1.29, 1.82) is 0 Å². The molecular weight excluding hydrogens is 210 g/mol. The van der Waals surface area contributed by atoms with Crippen molar-refractivity contribution in [3.8, 4) is 0 Å². The van der Waals surface area contributed by atoms with Crippen LogP contribution in [0.4, 0.5) is 0 Å². The van der Waals surface area contributed by atoms with Crippen LogP contribution < -0.4 is 5.32 Å². The van der Waals surface area contributed by atoms with Gasteiger partial charge in [0, 0.05) is 19.3 Å². The lowest BCUT2D eigenvalue weighted by molar-refractivity contribution is -0.394. The molecule has 0 aromatic rings. The summed E-state index contributed by atoms with van der Waals surface area (Å²) in [5.74, 6) is -1.66. The standard InChI is InChI=1S/C11H25NO4/c1-7-15-11(13,16-9(2)14-6)8-12-10(3,4)5/h9,12-13H,7-8H2,1-6H3. The molecule has 0 aliphatic carbocycles. The summed E-state index contributed by atoms with van der Waals surface area (Å²) in [4.78, 5) is 0. The van der Waals surface area contributed by atoms with Gasteiger partial charge in [-0.05, 0) is 34.6 Å². The molecule has 0 amide bonds. The highest BCUT2D eigenvalue weighted by Crippen LogP contribution is 2.13. The molecule has 0 aliphatic rings. The number of hydrogen-bond donors (Lipinski definition) is 2. The summed E-state index contributed by atoms with van der Waals surface area (Å²) < 4.78 is 15.4. The first-order valence-corrected chi connectivity index (χ1v) is 5.54. The van der Waals surface area contributed by atoms with E-state index in [0.29, 0.717) is 6.61 Å². The second-order valence-corrected chi connectivity index (χ2v) is 4.67. The van der Waals surface area contributed by atoms with Gasteiger partial charge in [0.2, 0.25) is 0 Å². The number of nitrogens with one attached hydrogen (secondary N) is 1. The van der Waals surface area contributed by atoms with Crippen LogP contribution in [0.1, 0.15) is 34.6 Å². The van der Waals surface area contributed by atoms with Gasteiger partial charge in [-0.15, -0.1) is 0 Å². The Morgan fingerprint density at radius 1 is 1.31 bits per heavy atom. The second kappa shape index (κ2) is 6.51. The summed E-state index contributed by atoms with van der Waals surface area (Å²) in [7, 11) is 1.51. The maximum atomic E-state index is 10.1. The molecule has 0 bridgehead atoms. The molecule has 2 unspecified atom stereocenters. The largest absolute Gasteiger partial charge is 0.356 e. The van der Waals surface area contributed by atoms with E-state index in [2.05, 4.69) is 5.32 Å². The van der Waals surface area contributed by atoms with Crippen molar-refractivity contribution in [3.05, 3.63) is 0 Å². The van der Waals surface area contributed by atoms with Gasteiger partial charge in [-0.25, -0.2) is 0 Å². The van der Waals surface area contributed by atoms with Crippen LogP contribution in [0.25, 0.3) is 0 Å². The number of methoxy groups -OCH3 is 1. The zero-order chi connectivity index (χ0) is 12.8. The van der Waals surface area contributed by atoms with Crippen LogP contribution in [0.2, 0.25) is 0 Å². The fourth-order valence-electron chi connectivity index (χ4n) is 1.04. The minimum Gasteiger partial charge on any atom is -0.356 e. The molecule has 2 atom stereocenters. The van der Waals surface area contributed by atoms with Crippen LogP contribution in [0.5, 0.6) is 0 Å². The van der Waals surface area contributed by atoms with Crippen LogP contribution in [-0.4, -0.2) is 43.2 Å². The molecule has 5 heteroatoms. The number of hydrogen-bond acceptors (Lipinski definition) is 5. The van der Waals surface area contributed by atoms with E-state index < -0.39 is 12.3 Å². The van der Waals surface area contributed by atoms with Gasteiger partial charge >= 0.3 is 0 Å². The fourth-order valence-corrected chi connectivity index (χ4v) is 1.04. The topological polar surface area (TPSA) is 60.0 Å². The second-order valence-electron chi connectivity index (χ2n) is 4.67. The van der Waals surface area contributed by atoms with E-state index in [-0.39, 0.29) is 12.1 Å². The quantitative estimate of drug-likeness (QED) is 0.646. The first kappa shape index (κ1) is 15.8. The highest BCUT2D eigenvalue weighted by Gasteiger charge is 2.32. The summed E-state index contributed by atoms with van der Waals surface area (Å²) in [6.07, 6.45) is -0.529. The lowest BCUT2D eigenvalue weighted by atomic mass is 10.1. The van der Waals surface area contributed by atoms with Gasteiger partial charge in [0.25, 0.3) is 5.97 Å². The Morgan fingerprint density at radius 3 is 2.25 bits per heavy atom. The number of ether oxygens (including phenoxy) is 3. The zero-order valence-electron chi connectivity index (χ0n) is 11.2. The van der Waals surface area contributed by atoms with Crippen molar-refractivity contribution >= 4 is 0 Å². The van der Waals surface area contributed by atoms with Crippen LogP contribution in [0, 0.1) is 0 Å². The average molecular weight is 235 g/mol. The van der Waals surface area contributed by atoms with Gasteiger partial charge in [0.05, 0.1) is 6.54 Å². The summed E-state index contributed by atoms with van der Waals surface area (Å²) in [6.45, 7) is 10.0. The monoisotopic (exact) mass is 235 g/mol. The van der Waals surface area contributed by atoms with Gasteiger partial charge in [-0.1, -0.05) is 0 Å². The van der Waals surface area contributed by atoms with Crippen LogP contribution >= 0.6 is 0 Å². The van der Waals surface area contributed by atoms with Gasteiger partial charge in [0.1, 0.15) is 0 Å². The molecule has 0 spiro atoms. The molecule has 0 fully saturated rings. The van der Waals surface area contributed by atoms with Gasteiger partial charge in [-0.3, -0.25) is 4.74 Å². The molecule has 0 aliphatic heterocycles. The summed E-state index contributed by atoms with van der Waals surface area (Å²) in [5, 5.41) is 13.2. The van der Waals surface area contributed by atoms with E-state index in [1.165, 1.54) is 7.11 Å². The third-order valence-electron chi connectivity index (χ3n) is 1.89. The fraction of sp³-hybridized carbons (Fsp3) is 1.00. The molecule has 98 valence electrons. The number of aliphatic hydroxyl groups is 1. The Morgan fingerprint density at radius 2 is 1.88 bits per heavy atom. The molecule has 16 heavy (non-hydrogen) atoms. The van der Waals surface area contributed by atoms with E-state index in [9.17, 15) is 5.11 Å². The Kier molecular flexibility index (Phi) is 6.43. The lowest BCUT2D eigenvalue weighted by Crippen LogP contribution is -2.52. The summed E-state index contributed by atoms with van der Waals surface area (Å²) in [5.41, 5.74) is -0.120. The van der Waals surface area contributed by atoms with Crippen LogP contribution in [0.3, 0.4) is 0 Å². The molecular formula is C11H25NO4. The van der Waals surface area contributed by atoms with Crippen molar-refractivity contribution in [2.24, 2.45) is 0 Å². The third-order valence-corrected chi connectivity index (χ3v) is 1.89. The van der Waals surface area contributed by atoms with Gasteiger partial charge < -0.3 is 19.9 Å². The van der Waals surface area contributed by atoms with Crippen molar-refractivity contribution in [1.82, 2.24) is 5.32 Å². The highest BCUT2D eigenvalue weighted by molar-refractivity contribution is 4.73. The van der Waals surface area contributed by atoms with Crippen LogP contribution in [-0.2, 0) is 14.2 Å². The predicted molar refractivity (Wildman–Crippen MR) is 61.9 cm³/mol. The highest BCUT2D eigenvalue weighted by atomic mass is 16.9. The van der Waals surface area contributed by atoms with E-state index in [1.807, 2.05) is 20.8 Å². The molecule has 2 N–H and O–H groups in total. The van der Waals surface area contributed by atoms with E-state index in [4.69, 9.17) is 14.2 Å². The Bertz CT molecular complexity index is 193. The van der Waals surface area contributed by atoms with Crippen molar-refractivity contribution in [2.45, 2.75) is 52.4 Å². The summed E-state index contributed by atoms with van der Waals surface area (Å²) >= 11 is 0. The van der Waals surface area contributed by atoms with E-state index in [0.717, 1.165) is 0 Å². The molecule has 0 saturated carbocycles. The first-order chi connectivity index (χ1) is 7.22. The van der Waals surface area contributed by atoms with Gasteiger partial charge in [0.15, 0.2) is 6.29 Å². The minimum absolute atomic E-state index is 0.120. The molecule has 0 saturated heterocycles. The minimum atomic E-state index is -1.66. The molecule has 0 aromatic carbocycles. The van der Waals surface area contributed by atoms with Crippen molar-refractivity contribution < 1.29 is 19.3 Å². The Balaban J connectivity index is 4.32. The molecule has 0 radical (unpaired) electrons. The lowest BCUT2D eigenvalue weighted by Gasteiger charge is -2.33. The normalized spacial score (nSPS) is 18.2. The predicted octanol–water partition coefficient (Wildman–Crippen LogP) is 1.07. The third kappa shape index (κ3) is 7.14. The van der Waals surface area contributed by atoms with E-state index in [1.54, 1.807) is 13.8 Å². The maximum absolute atomic E-state index is 10.1. The average Bonchev–Trinajstić information content (AvgIpc) is 2.14. The van der Waals surface area contributed by atoms with Gasteiger partial charge in [-0.2, -0.15) is 0 Å². The maximum Gasteiger partial charge on any atom is 0.295 e. The van der Waals surface area contributed by atoms with Crippen LogP contribution in [0.15, 0.2) is 0 Å². The zero-order valence-corrected chi connectivity index (χ0v) is 11.2. The molecule has 5 nitrogen and oxygen atoms in total. The molecule has 0 heterocycles.